The van der Waals surface area contributed by atoms with Crippen molar-refractivity contribution in [3.8, 4) is 0 Å². The molecule has 0 bridgehead atoms. The second-order valence-electron chi connectivity index (χ2n) is 3.78. The number of hydrogen-bond donors (Lipinski definition) is 2. The lowest BCUT2D eigenvalue weighted by atomic mass is 10.1. The number of nitrogens with zero attached hydrogens (tertiary/aromatic N) is 3. The van der Waals surface area contributed by atoms with Gasteiger partial charge in [0, 0.05) is 18.8 Å². The maximum Gasteiger partial charge on any atom is 0.0962 e. The number of piperidine rings is 1. The van der Waals surface area contributed by atoms with E-state index in [4.69, 9.17) is 5.73 Å². The van der Waals surface area contributed by atoms with Gasteiger partial charge in [-0.1, -0.05) is 11.6 Å². The first-order chi connectivity index (χ1) is 6.88. The lowest BCUT2D eigenvalue weighted by Crippen LogP contribution is -2.37. The zero-order valence-electron chi connectivity index (χ0n) is 8.32. The summed E-state index contributed by atoms with van der Waals surface area (Å²) in [5, 5.41) is 11.5. The quantitative estimate of drug-likeness (QED) is 0.705. The van der Waals surface area contributed by atoms with Crippen LogP contribution >= 0.6 is 0 Å². The molecule has 5 nitrogen and oxygen atoms in total. The highest BCUT2D eigenvalue weighted by atomic mass is 15.4. The molecular weight excluding hydrogens is 178 g/mol. The van der Waals surface area contributed by atoms with Crippen LogP contribution in [0.5, 0.6) is 0 Å². The molecular formula is C9H17N5. The number of hydrogen-bond acceptors (Lipinski definition) is 4. The largest absolute Gasteiger partial charge is 0.325 e. The van der Waals surface area contributed by atoms with Gasteiger partial charge in [0.1, 0.15) is 0 Å². The molecule has 0 saturated carbocycles. The van der Waals surface area contributed by atoms with E-state index in [0.717, 1.165) is 18.8 Å². The first kappa shape index (κ1) is 9.61. The molecule has 14 heavy (non-hydrogen) atoms. The van der Waals surface area contributed by atoms with E-state index in [2.05, 4.69) is 15.6 Å². The van der Waals surface area contributed by atoms with Crippen molar-refractivity contribution in [3.05, 3.63) is 11.9 Å². The second kappa shape index (κ2) is 4.52. The third-order valence-electron chi connectivity index (χ3n) is 2.62. The SMILES string of the molecule is NCc1cn(CC2CCCCN2)nn1. The van der Waals surface area contributed by atoms with E-state index in [1.165, 1.54) is 19.3 Å². The fourth-order valence-corrected chi connectivity index (χ4v) is 1.83. The van der Waals surface area contributed by atoms with Crippen LogP contribution in [0, 0.1) is 0 Å². The molecule has 1 fully saturated rings. The van der Waals surface area contributed by atoms with Crippen molar-refractivity contribution >= 4 is 0 Å². The summed E-state index contributed by atoms with van der Waals surface area (Å²) in [6.45, 7) is 2.51. The molecule has 2 rings (SSSR count). The maximum atomic E-state index is 5.46. The van der Waals surface area contributed by atoms with Gasteiger partial charge in [-0.3, -0.25) is 4.68 Å². The van der Waals surface area contributed by atoms with Crippen molar-refractivity contribution < 1.29 is 0 Å². The van der Waals surface area contributed by atoms with Crippen molar-refractivity contribution in [2.24, 2.45) is 5.73 Å². The monoisotopic (exact) mass is 195 g/mol. The van der Waals surface area contributed by atoms with Gasteiger partial charge in [-0.15, -0.1) is 5.10 Å². The van der Waals surface area contributed by atoms with E-state index in [9.17, 15) is 0 Å². The van der Waals surface area contributed by atoms with E-state index in [1.54, 1.807) is 0 Å². The van der Waals surface area contributed by atoms with E-state index in [-0.39, 0.29) is 0 Å². The van der Waals surface area contributed by atoms with Gasteiger partial charge in [0.15, 0.2) is 0 Å². The minimum Gasteiger partial charge on any atom is -0.325 e. The van der Waals surface area contributed by atoms with Crippen molar-refractivity contribution in [1.29, 1.82) is 0 Å². The van der Waals surface area contributed by atoms with Gasteiger partial charge in [0.2, 0.25) is 0 Å². The number of aromatic nitrogens is 3. The van der Waals surface area contributed by atoms with Crippen molar-refractivity contribution in [2.45, 2.75) is 38.4 Å². The summed E-state index contributed by atoms with van der Waals surface area (Å²) in [6.07, 6.45) is 5.77. The topological polar surface area (TPSA) is 68.8 Å². The minimum atomic E-state index is 0.470. The fourth-order valence-electron chi connectivity index (χ4n) is 1.83. The Morgan fingerprint density at radius 2 is 2.50 bits per heavy atom. The number of nitrogens with one attached hydrogen (secondary N) is 1. The summed E-state index contributed by atoms with van der Waals surface area (Å²) in [4.78, 5) is 0. The molecule has 0 aromatic carbocycles. The van der Waals surface area contributed by atoms with Crippen LogP contribution in [0.15, 0.2) is 6.20 Å². The molecule has 1 aromatic heterocycles. The Hall–Kier alpha value is -0.940. The summed E-state index contributed by atoms with van der Waals surface area (Å²) >= 11 is 0. The van der Waals surface area contributed by atoms with E-state index in [1.807, 2.05) is 10.9 Å². The summed E-state index contributed by atoms with van der Waals surface area (Å²) in [6, 6.07) is 0.552. The van der Waals surface area contributed by atoms with Crippen molar-refractivity contribution in [2.75, 3.05) is 6.54 Å². The van der Waals surface area contributed by atoms with Crippen LogP contribution in [-0.2, 0) is 13.1 Å². The summed E-state index contributed by atoms with van der Waals surface area (Å²) in [5.41, 5.74) is 6.33. The van der Waals surface area contributed by atoms with Gasteiger partial charge in [0.25, 0.3) is 0 Å². The lowest BCUT2D eigenvalue weighted by Gasteiger charge is -2.22. The highest BCUT2D eigenvalue weighted by molar-refractivity contribution is 4.91. The zero-order chi connectivity index (χ0) is 9.80. The van der Waals surface area contributed by atoms with Gasteiger partial charge in [0.05, 0.1) is 12.2 Å². The first-order valence-corrected chi connectivity index (χ1v) is 5.21. The molecule has 1 aromatic rings. The Kier molecular flexibility index (Phi) is 3.10. The summed E-state index contributed by atoms with van der Waals surface area (Å²) < 4.78 is 1.88. The van der Waals surface area contributed by atoms with Crippen LogP contribution in [0.1, 0.15) is 25.0 Å². The smallest absolute Gasteiger partial charge is 0.0962 e. The molecule has 1 atom stereocenters. The average molecular weight is 195 g/mol. The molecule has 0 radical (unpaired) electrons. The molecule has 2 heterocycles. The van der Waals surface area contributed by atoms with E-state index in [0.29, 0.717) is 12.6 Å². The first-order valence-electron chi connectivity index (χ1n) is 5.21. The van der Waals surface area contributed by atoms with Gasteiger partial charge in [-0.05, 0) is 19.4 Å². The molecule has 0 aliphatic carbocycles. The molecule has 0 spiro atoms. The molecule has 1 unspecified atom stereocenters. The Balaban J connectivity index is 1.89. The Bertz CT molecular complexity index is 276. The highest BCUT2D eigenvalue weighted by Crippen LogP contribution is 2.08. The van der Waals surface area contributed by atoms with Gasteiger partial charge in [-0.25, -0.2) is 0 Å². The molecule has 1 aliphatic rings. The van der Waals surface area contributed by atoms with Crippen LogP contribution in [0.3, 0.4) is 0 Å². The number of rotatable bonds is 3. The Labute approximate surface area is 83.7 Å². The maximum absolute atomic E-state index is 5.46. The fraction of sp³-hybridized carbons (Fsp3) is 0.778. The van der Waals surface area contributed by atoms with E-state index < -0.39 is 0 Å². The van der Waals surface area contributed by atoms with Crippen LogP contribution < -0.4 is 11.1 Å². The Morgan fingerprint density at radius 1 is 1.57 bits per heavy atom. The molecule has 1 saturated heterocycles. The molecule has 3 N–H and O–H groups in total. The van der Waals surface area contributed by atoms with Gasteiger partial charge in [-0.2, -0.15) is 0 Å². The minimum absolute atomic E-state index is 0.470. The predicted molar refractivity (Wildman–Crippen MR) is 53.6 cm³/mol. The van der Waals surface area contributed by atoms with E-state index >= 15 is 0 Å². The van der Waals surface area contributed by atoms with Crippen LogP contribution in [0.2, 0.25) is 0 Å². The lowest BCUT2D eigenvalue weighted by molar-refractivity contribution is 0.348. The third kappa shape index (κ3) is 2.30. The van der Waals surface area contributed by atoms with Gasteiger partial charge >= 0.3 is 0 Å². The molecule has 78 valence electrons. The standard InChI is InChI=1S/C9H17N5/c10-5-9-7-14(13-12-9)6-8-3-1-2-4-11-8/h7-8,11H,1-6,10H2. The summed E-state index contributed by atoms with van der Waals surface area (Å²) in [5.74, 6) is 0. The van der Waals surface area contributed by atoms with Gasteiger partial charge < -0.3 is 11.1 Å². The van der Waals surface area contributed by atoms with Crippen LogP contribution in [0.25, 0.3) is 0 Å². The second-order valence-corrected chi connectivity index (χ2v) is 3.78. The molecule has 5 heteroatoms. The Morgan fingerprint density at radius 3 is 3.14 bits per heavy atom. The molecule has 1 aliphatic heterocycles. The molecule has 0 amide bonds. The van der Waals surface area contributed by atoms with Crippen LogP contribution in [0.4, 0.5) is 0 Å². The van der Waals surface area contributed by atoms with Crippen molar-refractivity contribution in [1.82, 2.24) is 20.3 Å². The van der Waals surface area contributed by atoms with Crippen molar-refractivity contribution in [3.63, 3.8) is 0 Å². The third-order valence-corrected chi connectivity index (χ3v) is 2.62. The number of nitrogens with two attached hydrogens (primary N) is 1. The van der Waals surface area contributed by atoms with Crippen LogP contribution in [-0.4, -0.2) is 27.6 Å². The zero-order valence-corrected chi connectivity index (χ0v) is 8.32. The normalized spacial score (nSPS) is 22.5. The summed E-state index contributed by atoms with van der Waals surface area (Å²) in [7, 11) is 0. The predicted octanol–water partition coefficient (Wildman–Crippen LogP) is -0.121. The highest BCUT2D eigenvalue weighted by Gasteiger charge is 2.13. The average Bonchev–Trinajstić information content (AvgIpc) is 2.67.